The fourth-order valence-corrected chi connectivity index (χ4v) is 1.70. The van der Waals surface area contributed by atoms with Gasteiger partial charge in [-0.1, -0.05) is 6.07 Å². The first-order valence-corrected chi connectivity index (χ1v) is 5.82. The second kappa shape index (κ2) is 5.95. The number of pyridine rings is 1. The minimum Gasteiger partial charge on any atom is -0.502 e. The largest absolute Gasteiger partial charge is 0.502 e. The van der Waals surface area contributed by atoms with Crippen molar-refractivity contribution >= 4 is 5.69 Å². The van der Waals surface area contributed by atoms with Gasteiger partial charge in [-0.15, -0.1) is 0 Å². The summed E-state index contributed by atoms with van der Waals surface area (Å²) in [6.45, 7) is 0.630. The van der Waals surface area contributed by atoms with E-state index in [1.54, 1.807) is 24.5 Å². The molecule has 1 aromatic heterocycles. The Labute approximate surface area is 111 Å². The highest BCUT2D eigenvalue weighted by Gasteiger charge is 2.10. The van der Waals surface area contributed by atoms with Gasteiger partial charge in [0.15, 0.2) is 11.5 Å². The second-order valence-electron chi connectivity index (χ2n) is 3.94. The lowest BCUT2D eigenvalue weighted by Gasteiger charge is -2.12. The van der Waals surface area contributed by atoms with E-state index in [0.717, 1.165) is 11.3 Å². The Bertz CT molecular complexity index is 519. The van der Waals surface area contributed by atoms with Crippen LogP contribution in [0.15, 0.2) is 36.7 Å². The number of methoxy groups -OCH3 is 2. The van der Waals surface area contributed by atoms with Gasteiger partial charge in [-0.05, 0) is 11.6 Å². The number of aromatic nitrogens is 1. The van der Waals surface area contributed by atoms with Gasteiger partial charge < -0.3 is 19.9 Å². The number of hydrogen-bond acceptors (Lipinski definition) is 5. The van der Waals surface area contributed by atoms with Gasteiger partial charge in [0.2, 0.25) is 5.75 Å². The Morgan fingerprint density at radius 3 is 2.42 bits per heavy atom. The van der Waals surface area contributed by atoms with Gasteiger partial charge in [0.25, 0.3) is 0 Å². The molecule has 0 saturated heterocycles. The third-order valence-corrected chi connectivity index (χ3v) is 2.70. The summed E-state index contributed by atoms with van der Waals surface area (Å²) in [5.41, 5.74) is 1.86. The summed E-state index contributed by atoms with van der Waals surface area (Å²) in [7, 11) is 3.00. The van der Waals surface area contributed by atoms with Crippen LogP contribution >= 0.6 is 0 Å². The zero-order valence-corrected chi connectivity index (χ0v) is 10.9. The van der Waals surface area contributed by atoms with Crippen molar-refractivity contribution in [1.82, 2.24) is 4.98 Å². The maximum absolute atomic E-state index is 9.81. The summed E-state index contributed by atoms with van der Waals surface area (Å²) >= 11 is 0. The molecule has 2 aromatic rings. The highest BCUT2D eigenvalue weighted by molar-refractivity contribution is 5.61. The molecule has 2 rings (SSSR count). The molecule has 5 heteroatoms. The molecule has 0 aliphatic rings. The Hall–Kier alpha value is -2.43. The summed E-state index contributed by atoms with van der Waals surface area (Å²) in [5, 5.41) is 13.0. The van der Waals surface area contributed by atoms with Crippen molar-refractivity contribution in [3.8, 4) is 17.2 Å². The van der Waals surface area contributed by atoms with Crippen LogP contribution in [0.5, 0.6) is 17.2 Å². The van der Waals surface area contributed by atoms with Crippen molar-refractivity contribution in [3.63, 3.8) is 0 Å². The summed E-state index contributed by atoms with van der Waals surface area (Å²) in [6.07, 6.45) is 3.53. The molecule has 0 atom stereocenters. The van der Waals surface area contributed by atoms with Crippen molar-refractivity contribution in [2.75, 3.05) is 19.5 Å². The van der Waals surface area contributed by atoms with Gasteiger partial charge in [0.05, 0.1) is 14.2 Å². The molecule has 0 spiro atoms. The van der Waals surface area contributed by atoms with E-state index >= 15 is 0 Å². The lowest BCUT2D eigenvalue weighted by molar-refractivity contribution is 0.340. The van der Waals surface area contributed by atoms with Crippen LogP contribution in [0, 0.1) is 0 Å². The normalized spacial score (nSPS) is 10.0. The molecule has 1 aromatic carbocycles. The van der Waals surface area contributed by atoms with Crippen molar-refractivity contribution in [2.24, 2.45) is 0 Å². The first-order valence-electron chi connectivity index (χ1n) is 5.82. The number of aromatic hydroxyl groups is 1. The number of rotatable bonds is 5. The number of phenols is 1. The van der Waals surface area contributed by atoms with E-state index in [2.05, 4.69) is 10.3 Å². The number of phenolic OH excluding ortho intramolecular Hbond substituents is 1. The third kappa shape index (κ3) is 3.07. The molecule has 100 valence electrons. The highest BCUT2D eigenvalue weighted by Crippen LogP contribution is 2.38. The van der Waals surface area contributed by atoms with Crippen LogP contribution in [0.1, 0.15) is 5.56 Å². The van der Waals surface area contributed by atoms with Crippen LogP contribution < -0.4 is 14.8 Å². The molecule has 1 heterocycles. The second-order valence-corrected chi connectivity index (χ2v) is 3.94. The molecule has 0 radical (unpaired) electrons. The molecule has 0 aliphatic carbocycles. The summed E-state index contributed by atoms with van der Waals surface area (Å²) in [6, 6.07) is 7.30. The van der Waals surface area contributed by atoms with E-state index in [-0.39, 0.29) is 5.75 Å². The Morgan fingerprint density at radius 2 is 1.89 bits per heavy atom. The SMILES string of the molecule is COc1cc(NCc2cccnc2)cc(OC)c1O. The molecule has 0 aliphatic heterocycles. The standard InChI is InChI=1S/C14H16N2O3/c1-18-12-6-11(7-13(19-2)14(12)17)16-9-10-4-3-5-15-8-10/h3-8,16-17H,9H2,1-2H3. The van der Waals surface area contributed by atoms with Gasteiger partial charge >= 0.3 is 0 Å². The predicted octanol–water partition coefficient (Wildman–Crippen LogP) is 2.42. The van der Waals surface area contributed by atoms with Crippen molar-refractivity contribution in [2.45, 2.75) is 6.54 Å². The summed E-state index contributed by atoms with van der Waals surface area (Å²) in [5.74, 6) is 0.734. The van der Waals surface area contributed by atoms with Crippen molar-refractivity contribution < 1.29 is 14.6 Å². The van der Waals surface area contributed by atoms with Gasteiger partial charge in [0.1, 0.15) is 0 Å². The molecular formula is C14H16N2O3. The molecule has 19 heavy (non-hydrogen) atoms. The van der Waals surface area contributed by atoms with Crippen molar-refractivity contribution in [1.29, 1.82) is 0 Å². The minimum absolute atomic E-state index is 0.00284. The lowest BCUT2D eigenvalue weighted by Crippen LogP contribution is -2.00. The van der Waals surface area contributed by atoms with Gasteiger partial charge in [-0.25, -0.2) is 0 Å². The lowest BCUT2D eigenvalue weighted by atomic mass is 10.2. The zero-order valence-electron chi connectivity index (χ0n) is 10.9. The third-order valence-electron chi connectivity index (χ3n) is 2.70. The van der Waals surface area contributed by atoms with Gasteiger partial charge in [0, 0.05) is 36.8 Å². The number of hydrogen-bond donors (Lipinski definition) is 2. The van der Waals surface area contributed by atoms with Gasteiger partial charge in [-0.3, -0.25) is 4.98 Å². The maximum Gasteiger partial charge on any atom is 0.200 e. The molecule has 0 fully saturated rings. The Balaban J connectivity index is 2.16. The van der Waals surface area contributed by atoms with E-state index in [1.807, 2.05) is 12.1 Å². The number of ether oxygens (including phenoxy) is 2. The van der Waals surface area contributed by atoms with E-state index in [0.29, 0.717) is 18.0 Å². The van der Waals surface area contributed by atoms with Crippen LogP contribution in [-0.2, 0) is 6.54 Å². The molecular weight excluding hydrogens is 244 g/mol. The maximum atomic E-state index is 9.81. The predicted molar refractivity (Wildman–Crippen MR) is 72.8 cm³/mol. The van der Waals surface area contributed by atoms with E-state index in [9.17, 15) is 5.11 Å². The number of benzene rings is 1. The smallest absolute Gasteiger partial charge is 0.200 e. The molecule has 5 nitrogen and oxygen atoms in total. The average Bonchev–Trinajstić information content (AvgIpc) is 2.47. The first kappa shape index (κ1) is 13.0. The molecule has 2 N–H and O–H groups in total. The number of anilines is 1. The molecule has 0 saturated carbocycles. The van der Waals surface area contributed by atoms with E-state index in [4.69, 9.17) is 9.47 Å². The fourth-order valence-electron chi connectivity index (χ4n) is 1.70. The van der Waals surface area contributed by atoms with E-state index in [1.165, 1.54) is 14.2 Å². The molecule has 0 unspecified atom stereocenters. The van der Waals surface area contributed by atoms with E-state index < -0.39 is 0 Å². The zero-order chi connectivity index (χ0) is 13.7. The highest BCUT2D eigenvalue weighted by atomic mass is 16.5. The molecule has 0 amide bonds. The monoisotopic (exact) mass is 260 g/mol. The minimum atomic E-state index is -0.00284. The van der Waals surface area contributed by atoms with Gasteiger partial charge in [-0.2, -0.15) is 0 Å². The van der Waals surface area contributed by atoms with Crippen LogP contribution in [0.4, 0.5) is 5.69 Å². The van der Waals surface area contributed by atoms with Crippen molar-refractivity contribution in [3.05, 3.63) is 42.2 Å². The Morgan fingerprint density at radius 1 is 1.21 bits per heavy atom. The first-order chi connectivity index (χ1) is 9.24. The van der Waals surface area contributed by atoms with Crippen LogP contribution in [0.2, 0.25) is 0 Å². The summed E-state index contributed by atoms with van der Waals surface area (Å²) < 4.78 is 10.2. The molecule has 0 bridgehead atoms. The Kier molecular flexibility index (Phi) is 4.07. The van der Waals surface area contributed by atoms with Crippen LogP contribution in [-0.4, -0.2) is 24.3 Å². The quantitative estimate of drug-likeness (QED) is 0.808. The average molecular weight is 260 g/mol. The van der Waals surface area contributed by atoms with Crippen LogP contribution in [0.3, 0.4) is 0 Å². The van der Waals surface area contributed by atoms with Crippen LogP contribution in [0.25, 0.3) is 0 Å². The topological polar surface area (TPSA) is 63.6 Å². The summed E-state index contributed by atoms with van der Waals surface area (Å²) in [4.78, 5) is 4.05. The fraction of sp³-hybridized carbons (Fsp3) is 0.214. The number of nitrogens with one attached hydrogen (secondary N) is 1. The number of nitrogens with zero attached hydrogens (tertiary/aromatic N) is 1.